The standard InChI is InChI=1S/C15H19F2N3O/c1-3-13-12(10-20(2)19-13)9-18-8-11-6-4-5-7-14(11)21-15(16)17/h4-7,10,15,18H,3,8-9H2,1-2H3. The van der Waals surface area contributed by atoms with Crippen LogP contribution in [0.5, 0.6) is 5.75 Å². The third kappa shape index (κ3) is 4.26. The fraction of sp³-hybridized carbons (Fsp3) is 0.400. The molecule has 0 aliphatic carbocycles. The molecule has 0 aliphatic heterocycles. The van der Waals surface area contributed by atoms with Crippen LogP contribution in [0.25, 0.3) is 0 Å². The van der Waals surface area contributed by atoms with Gasteiger partial charge in [-0.05, 0) is 12.5 Å². The minimum absolute atomic E-state index is 0.210. The van der Waals surface area contributed by atoms with Crippen LogP contribution in [0.3, 0.4) is 0 Å². The molecular formula is C15H19F2N3O. The summed E-state index contributed by atoms with van der Waals surface area (Å²) < 4.78 is 31.0. The van der Waals surface area contributed by atoms with Crippen molar-refractivity contribution >= 4 is 0 Å². The maximum absolute atomic E-state index is 12.3. The molecule has 0 saturated carbocycles. The fourth-order valence-electron chi connectivity index (χ4n) is 2.22. The van der Waals surface area contributed by atoms with Crippen molar-refractivity contribution in [2.24, 2.45) is 7.05 Å². The highest BCUT2D eigenvalue weighted by atomic mass is 19.3. The van der Waals surface area contributed by atoms with Crippen molar-refractivity contribution in [2.45, 2.75) is 33.0 Å². The van der Waals surface area contributed by atoms with E-state index in [-0.39, 0.29) is 5.75 Å². The summed E-state index contributed by atoms with van der Waals surface area (Å²) >= 11 is 0. The molecule has 0 spiro atoms. The van der Waals surface area contributed by atoms with Gasteiger partial charge in [0.1, 0.15) is 5.75 Å². The lowest BCUT2D eigenvalue weighted by molar-refractivity contribution is -0.0505. The Kier molecular flexibility index (Phi) is 5.27. The normalized spacial score (nSPS) is 11.1. The monoisotopic (exact) mass is 295 g/mol. The second-order valence-corrected chi connectivity index (χ2v) is 4.72. The Hall–Kier alpha value is -1.95. The Labute approximate surface area is 122 Å². The number of para-hydroxylation sites is 1. The first-order valence-electron chi connectivity index (χ1n) is 6.85. The van der Waals surface area contributed by atoms with Gasteiger partial charge in [-0.15, -0.1) is 0 Å². The fourth-order valence-corrected chi connectivity index (χ4v) is 2.22. The van der Waals surface area contributed by atoms with Crippen LogP contribution in [0.2, 0.25) is 0 Å². The van der Waals surface area contributed by atoms with Crippen molar-refractivity contribution in [3.63, 3.8) is 0 Å². The summed E-state index contributed by atoms with van der Waals surface area (Å²) in [7, 11) is 1.88. The van der Waals surface area contributed by atoms with Crippen LogP contribution in [0.15, 0.2) is 30.5 Å². The molecule has 1 aromatic heterocycles. The number of aryl methyl sites for hydroxylation is 2. The second kappa shape index (κ2) is 7.17. The topological polar surface area (TPSA) is 39.1 Å². The van der Waals surface area contributed by atoms with Crippen molar-refractivity contribution in [1.29, 1.82) is 0 Å². The average molecular weight is 295 g/mol. The maximum Gasteiger partial charge on any atom is 0.387 e. The molecule has 2 rings (SSSR count). The maximum atomic E-state index is 12.3. The molecule has 0 amide bonds. The van der Waals surface area contributed by atoms with Crippen molar-refractivity contribution in [3.8, 4) is 5.75 Å². The smallest absolute Gasteiger partial charge is 0.387 e. The zero-order valence-corrected chi connectivity index (χ0v) is 12.1. The number of nitrogens with zero attached hydrogens (tertiary/aromatic N) is 2. The van der Waals surface area contributed by atoms with E-state index >= 15 is 0 Å². The highest BCUT2D eigenvalue weighted by Gasteiger charge is 2.09. The van der Waals surface area contributed by atoms with Crippen LogP contribution in [-0.4, -0.2) is 16.4 Å². The van der Waals surface area contributed by atoms with Crippen LogP contribution in [0.1, 0.15) is 23.7 Å². The molecule has 6 heteroatoms. The van der Waals surface area contributed by atoms with Crippen molar-refractivity contribution in [3.05, 3.63) is 47.3 Å². The summed E-state index contributed by atoms with van der Waals surface area (Å²) in [4.78, 5) is 0. The summed E-state index contributed by atoms with van der Waals surface area (Å²) in [6, 6.07) is 6.80. The SMILES string of the molecule is CCc1nn(C)cc1CNCc1ccccc1OC(F)F. The molecule has 0 aliphatic rings. The van der Waals surface area contributed by atoms with Gasteiger partial charge in [-0.3, -0.25) is 4.68 Å². The van der Waals surface area contributed by atoms with E-state index in [1.807, 2.05) is 13.2 Å². The van der Waals surface area contributed by atoms with Gasteiger partial charge in [-0.1, -0.05) is 25.1 Å². The largest absolute Gasteiger partial charge is 0.434 e. The molecule has 4 nitrogen and oxygen atoms in total. The Balaban J connectivity index is 1.97. The lowest BCUT2D eigenvalue weighted by atomic mass is 10.2. The predicted octanol–water partition coefficient (Wildman–Crippen LogP) is 2.87. The van der Waals surface area contributed by atoms with E-state index in [1.54, 1.807) is 28.9 Å². The predicted molar refractivity (Wildman–Crippen MR) is 76.2 cm³/mol. The van der Waals surface area contributed by atoms with Crippen molar-refractivity contribution in [2.75, 3.05) is 0 Å². The molecule has 1 N–H and O–H groups in total. The van der Waals surface area contributed by atoms with Gasteiger partial charge in [0.2, 0.25) is 0 Å². The second-order valence-electron chi connectivity index (χ2n) is 4.72. The molecule has 2 aromatic rings. The van der Waals surface area contributed by atoms with Gasteiger partial charge in [-0.25, -0.2) is 0 Å². The van der Waals surface area contributed by atoms with E-state index in [2.05, 4.69) is 22.1 Å². The van der Waals surface area contributed by atoms with Gasteiger partial charge in [0, 0.05) is 37.5 Å². The number of hydrogen-bond acceptors (Lipinski definition) is 3. The van der Waals surface area contributed by atoms with E-state index in [0.29, 0.717) is 18.7 Å². The Morgan fingerprint density at radius 1 is 1.24 bits per heavy atom. The van der Waals surface area contributed by atoms with Gasteiger partial charge in [0.15, 0.2) is 0 Å². The molecule has 114 valence electrons. The summed E-state index contributed by atoms with van der Waals surface area (Å²) in [6.07, 6.45) is 2.83. The summed E-state index contributed by atoms with van der Waals surface area (Å²) in [5, 5.41) is 7.61. The highest BCUT2D eigenvalue weighted by molar-refractivity contribution is 5.33. The summed E-state index contributed by atoms with van der Waals surface area (Å²) in [5.41, 5.74) is 2.87. The molecule has 0 radical (unpaired) electrons. The minimum Gasteiger partial charge on any atom is -0.434 e. The van der Waals surface area contributed by atoms with Gasteiger partial charge < -0.3 is 10.1 Å². The highest BCUT2D eigenvalue weighted by Crippen LogP contribution is 2.20. The van der Waals surface area contributed by atoms with Crippen LogP contribution in [0.4, 0.5) is 8.78 Å². The number of alkyl halides is 2. The number of rotatable bonds is 7. The summed E-state index contributed by atoms with van der Waals surface area (Å²) in [5.74, 6) is 0.210. The van der Waals surface area contributed by atoms with Gasteiger partial charge in [0.05, 0.1) is 5.69 Å². The van der Waals surface area contributed by atoms with Crippen LogP contribution in [-0.2, 0) is 26.6 Å². The molecule has 0 saturated heterocycles. The molecule has 1 aromatic carbocycles. The van der Waals surface area contributed by atoms with Crippen LogP contribution in [0, 0.1) is 0 Å². The Morgan fingerprint density at radius 2 is 1.95 bits per heavy atom. The third-order valence-electron chi connectivity index (χ3n) is 3.15. The van der Waals surface area contributed by atoms with Gasteiger partial charge in [-0.2, -0.15) is 13.9 Å². The molecule has 0 atom stereocenters. The average Bonchev–Trinajstić information content (AvgIpc) is 2.80. The van der Waals surface area contributed by atoms with Crippen molar-refractivity contribution in [1.82, 2.24) is 15.1 Å². The zero-order chi connectivity index (χ0) is 15.2. The number of benzene rings is 1. The summed E-state index contributed by atoms with van der Waals surface area (Å²) in [6.45, 7) is 0.342. The first-order valence-corrected chi connectivity index (χ1v) is 6.85. The molecule has 0 unspecified atom stereocenters. The molecule has 0 fully saturated rings. The number of aromatic nitrogens is 2. The number of ether oxygens (including phenoxy) is 1. The number of nitrogens with one attached hydrogen (secondary N) is 1. The lowest BCUT2D eigenvalue weighted by Gasteiger charge is -2.11. The molecule has 0 bridgehead atoms. The number of halogens is 2. The van der Waals surface area contributed by atoms with Crippen molar-refractivity contribution < 1.29 is 13.5 Å². The molecular weight excluding hydrogens is 276 g/mol. The first-order chi connectivity index (χ1) is 10.1. The van der Waals surface area contributed by atoms with Gasteiger partial charge >= 0.3 is 6.61 Å². The third-order valence-corrected chi connectivity index (χ3v) is 3.15. The molecule has 21 heavy (non-hydrogen) atoms. The first kappa shape index (κ1) is 15.4. The Morgan fingerprint density at radius 3 is 2.67 bits per heavy atom. The van der Waals surface area contributed by atoms with E-state index in [0.717, 1.165) is 17.7 Å². The van der Waals surface area contributed by atoms with Crippen LogP contribution < -0.4 is 10.1 Å². The lowest BCUT2D eigenvalue weighted by Crippen LogP contribution is -2.15. The van der Waals surface area contributed by atoms with Crippen LogP contribution >= 0.6 is 0 Å². The van der Waals surface area contributed by atoms with Gasteiger partial charge in [0.25, 0.3) is 0 Å². The van der Waals surface area contributed by atoms with E-state index in [4.69, 9.17) is 0 Å². The van der Waals surface area contributed by atoms with E-state index < -0.39 is 6.61 Å². The number of hydrogen-bond donors (Lipinski definition) is 1. The van der Waals surface area contributed by atoms with E-state index in [9.17, 15) is 8.78 Å². The minimum atomic E-state index is -2.81. The van der Waals surface area contributed by atoms with E-state index in [1.165, 1.54) is 0 Å². The molecule has 1 heterocycles. The quantitative estimate of drug-likeness (QED) is 0.853. The zero-order valence-electron chi connectivity index (χ0n) is 12.1. The Bertz CT molecular complexity index is 584.